The SMILES string of the molecule is [2H]c1c([2H])c(C(C([2H])([2H])N(C([2H])([2H])[2H])C([2H])([2H])[2H])C2(O)C([2H])([2H])C([2H])([2H])C([2H])([2H])C([2H])([2H])C2([2H])[2H])c([2H])c([2H])c1OC.[2H]c1c([2H])c(C(C([2H])([2H])N(C)C([2H])([2H])[2H])C2(O)C([2H])([2H])C([2H])([2H])C([2H])([2H])C([2H])([2H])C2([2H])[2H])c([2H])c([2H])c1OC.[2H]c1c([2H])c(C(C([2H])([2H])N(C)C)C2(O)C([2H])([2H])C([2H])([2H])C([2H])([2H])C([2H])([2H])C2([2H])[2H])c([2H])c([2H])c1OC.[2H]c1c([2H])c(C(CN(C([2H])([2H])[2H])C([2H])([2H])[2H])C2(O)C([2H])([2H])C([2H])([2H])C([2H])([2H])C([2H])([2H])C2([2H])[2H])c([2H])c([2H])c1OC.[2H]c1c([2H])c(C(CN(C)C([2H])([2H])[2H])C2(O)C([2H])([2H])C([2H])([2H])C([2H])([2H])C([2H])([2H])C2([2H])[2H])c([2H])c([2H])c1OC.[2H]c1c([2H])c(C(CN(C)C)C2(O)C([2H])([2H])C([2H])([2H])C([2H])([2H])C([2H])([2H])C2([2H])[2H])c([2H])c([2H])c1OC. The zero-order valence-electron chi connectivity index (χ0n) is 174. The molecular formula is C102H162N6O12. The van der Waals surface area contributed by atoms with E-state index in [1.54, 1.807) is 0 Å². The highest BCUT2D eigenvalue weighted by atomic mass is 16.5. The van der Waals surface area contributed by atoms with Gasteiger partial charge in [0, 0.05) is 190 Å². The highest BCUT2D eigenvalue weighted by molar-refractivity contribution is 5.37. The average molecular weight is 1770 g/mol. The molecule has 6 saturated carbocycles. The van der Waals surface area contributed by atoms with E-state index >= 15 is 0 Å². The van der Waals surface area contributed by atoms with Gasteiger partial charge in [-0.25, -0.2) is 0 Å². The van der Waals surface area contributed by atoms with Gasteiger partial charge in [0.05, 0.1) is 109 Å². The van der Waals surface area contributed by atoms with Gasteiger partial charge in [0.25, 0.3) is 0 Å². The number of likely N-dealkylation sites (N-methyl/N-ethyl adjacent to an activating group) is 6. The van der Waals surface area contributed by atoms with Crippen LogP contribution in [-0.4, -0.2) is 260 Å². The Hall–Kier alpha value is -6.36. The van der Waals surface area contributed by atoms with Crippen molar-refractivity contribution in [2.45, 2.75) is 260 Å². The van der Waals surface area contributed by atoms with Gasteiger partial charge >= 0.3 is 0 Å². The Labute approximate surface area is 878 Å². The Morgan fingerprint density at radius 1 is 0.250 bits per heavy atom. The lowest BCUT2D eigenvalue weighted by molar-refractivity contribution is -0.0280. The summed E-state index contributed by atoms with van der Waals surface area (Å²) in [6, 6.07) is -24.9. The molecule has 6 aromatic carbocycles. The number of benzene rings is 6. The summed E-state index contributed by atoms with van der Waals surface area (Å²) in [6.07, 6.45) is -122. The molecule has 0 aliphatic heterocycles. The van der Waals surface area contributed by atoms with Crippen molar-refractivity contribution < 1.29 is 207 Å². The zero-order valence-corrected chi connectivity index (χ0v) is 65.9. The van der Waals surface area contributed by atoms with Crippen LogP contribution >= 0.6 is 0 Å². The van der Waals surface area contributed by atoms with Crippen LogP contribution < -0.4 is 28.4 Å². The van der Waals surface area contributed by atoms with Crippen LogP contribution in [0.4, 0.5) is 0 Å². The van der Waals surface area contributed by atoms with E-state index in [0.717, 1.165) is 63.8 Å². The molecular weight excluding hydrogens is 1500 g/mol. The minimum atomic E-state index is -4.71. The van der Waals surface area contributed by atoms with Crippen molar-refractivity contribution in [3.8, 4) is 34.5 Å². The summed E-state index contributed by atoms with van der Waals surface area (Å²) < 4.78 is 913. The maximum Gasteiger partial charge on any atom is 0.118 e. The molecule has 6 aromatic rings. The van der Waals surface area contributed by atoms with Crippen LogP contribution in [0.1, 0.15) is 408 Å². The van der Waals surface area contributed by atoms with Crippen molar-refractivity contribution >= 4 is 0 Å². The van der Waals surface area contributed by atoms with E-state index in [4.69, 9.17) is 176 Å². The number of rotatable bonds is 30. The van der Waals surface area contributed by atoms with Gasteiger partial charge in [-0.3, -0.25) is 0 Å². The van der Waals surface area contributed by atoms with E-state index in [-0.39, 0.29) is 9.80 Å². The second kappa shape index (κ2) is 50.0. The standard InChI is InChI=1S/6C17H27NO2/c6*1-18(2)13-16(17(19)11-5-4-6-12-17)14-7-9-15(20-3)10-8-14/h6*7-10,16,19H,4-6,11-13H2,1-3H3/i1D3,2D3,4D2,5D2,6D2,7D,8D,9D,10D,11D2,12D2,13D2;1D3,4D2,5D2,6D2,7D,8D,9D,10D,11D2,12D2,13D2;1D3,2D3,4D2,5D2,6D2,7D,8D,9D,10D,11D2,12D2;4D2,5D2,6D2,7D,8D,9D,10D,11D2,12D2,13D2;1D3,4D2,5D2,6D2,7D,8D,9D,10D,11D2,12D2;4D2,5D2,6D2,7D,8D,9D,10D,11D2,12D2. The van der Waals surface area contributed by atoms with E-state index in [1.807, 2.05) is 0 Å². The van der Waals surface area contributed by atoms with Gasteiger partial charge < -0.3 is 88.5 Å². The first-order valence-electron chi connectivity index (χ1n) is 88.2. The molecule has 0 spiro atoms. The minimum Gasteiger partial charge on any atom is -0.497 e. The second-order valence-corrected chi connectivity index (χ2v) is 24.9. The minimum absolute atomic E-state index is 0.125. The van der Waals surface area contributed by atoms with Crippen LogP contribution in [-0.2, 0) is 0 Å². The van der Waals surface area contributed by atoms with Crippen molar-refractivity contribution in [1.82, 2.24) is 29.4 Å². The largest absolute Gasteiger partial charge is 0.497 e. The molecule has 0 bridgehead atoms. The number of hydrogen-bond donors (Lipinski definition) is 6. The van der Waals surface area contributed by atoms with Gasteiger partial charge in [0.2, 0.25) is 0 Å². The normalized spacial score (nSPS) is 46.6. The summed E-state index contributed by atoms with van der Waals surface area (Å²) in [6.45, 7) is -36.6. The fraction of sp³-hybridized carbons (Fsp3) is 0.647. The Morgan fingerprint density at radius 2 is 0.417 bits per heavy atom. The lowest BCUT2D eigenvalue weighted by atomic mass is 9.72. The average Bonchev–Trinajstić information content (AvgIpc) is 0.641. The summed E-state index contributed by atoms with van der Waals surface area (Å²) in [5, 5.41) is 71.6. The molecule has 18 heteroatoms. The quantitative estimate of drug-likeness (QED) is 0.0249. The molecule has 6 fully saturated rings. The molecule has 6 aliphatic rings. The Morgan fingerprint density at radius 3 is 0.600 bits per heavy atom. The molecule has 120 heavy (non-hydrogen) atoms. The van der Waals surface area contributed by atoms with Crippen LogP contribution in [0.3, 0.4) is 0 Å². The van der Waals surface area contributed by atoms with E-state index in [9.17, 15) is 30.6 Å². The molecule has 6 atom stereocenters. The predicted molar refractivity (Wildman–Crippen MR) is 494 cm³/mol. The van der Waals surface area contributed by atoms with Gasteiger partial charge in [0.1, 0.15) is 34.5 Å². The van der Waals surface area contributed by atoms with Gasteiger partial charge in [-0.1, -0.05) is 187 Å². The van der Waals surface area contributed by atoms with E-state index in [1.165, 1.54) is 19.0 Å². The second-order valence-electron chi connectivity index (χ2n) is 24.9. The molecule has 672 valence electrons. The topological polar surface area (TPSA) is 196 Å². The van der Waals surface area contributed by atoms with Crippen LogP contribution in [0, 0.1) is 0 Å². The maximum atomic E-state index is 12.1. The molecule has 6 unspecified atom stereocenters. The van der Waals surface area contributed by atoms with Crippen LogP contribution in [0.5, 0.6) is 34.5 Å². The Bertz CT molecular complexity index is 8920. The smallest absolute Gasteiger partial charge is 0.118 e. The molecule has 6 aliphatic carbocycles. The summed E-state index contributed by atoms with van der Waals surface area (Å²) in [5.74, 6) is -20.9. The molecule has 0 heterocycles. The first-order valence-corrected chi connectivity index (χ1v) is 34.2. The monoisotopic (exact) mass is 1770 g/mol. The van der Waals surface area contributed by atoms with Crippen molar-refractivity contribution in [1.29, 1.82) is 0 Å². The summed E-state index contributed by atoms with van der Waals surface area (Å²) >= 11 is 0. The van der Waals surface area contributed by atoms with Gasteiger partial charge in [0.15, 0.2) is 0 Å². The molecule has 18 nitrogen and oxygen atoms in total. The molecule has 6 N–H and O–H groups in total. The first-order chi connectivity index (χ1) is 99.7. The highest BCUT2D eigenvalue weighted by Crippen LogP contribution is 2.47. The van der Waals surface area contributed by atoms with Gasteiger partial charge in [-0.15, -0.1) is 0 Å². The predicted octanol–water partition coefficient (Wildman–Crippen LogP) is 18.2. The molecule has 12 rings (SSSR count). The van der Waals surface area contributed by atoms with Crippen LogP contribution in [0.25, 0.3) is 0 Å². The van der Waals surface area contributed by atoms with Gasteiger partial charge in [-0.2, -0.15) is 0 Å². The fourth-order valence-electron chi connectivity index (χ4n) is 10.1. The molecule has 0 aromatic heterocycles. The molecule has 0 amide bonds. The third kappa shape index (κ3) is 31.1. The maximum absolute atomic E-state index is 12.1. The third-order valence-electron chi connectivity index (χ3n) is 15.8. The van der Waals surface area contributed by atoms with Gasteiger partial charge in [-0.05, 0) is 267 Å². The van der Waals surface area contributed by atoms with E-state index < -0.39 is 559 Å². The highest BCUT2D eigenvalue weighted by Gasteiger charge is 2.45. The van der Waals surface area contributed by atoms with Crippen LogP contribution in [0.2, 0.25) is 0 Å². The number of ether oxygens (including phenoxy) is 6. The van der Waals surface area contributed by atoms with E-state index in [0.29, 0.717) is 16.8 Å². The van der Waals surface area contributed by atoms with Crippen LogP contribution in [0.15, 0.2) is 145 Å². The lowest BCUT2D eigenvalue weighted by Gasteiger charge is -2.40. The summed E-state index contributed by atoms with van der Waals surface area (Å²) in [4.78, 5) is 1.06. The summed E-state index contributed by atoms with van der Waals surface area (Å²) in [5.41, 5.74) is -32.0. The fourth-order valence-corrected chi connectivity index (χ4v) is 10.1. The number of hydrogen-bond acceptors (Lipinski definition) is 18. The summed E-state index contributed by atoms with van der Waals surface area (Å²) in [7, 11) is 12.4. The molecule has 0 radical (unpaired) electrons. The number of methoxy groups -OCH3 is 6. The number of nitrogens with zero attached hydrogens (tertiary/aromatic N) is 6. The Balaban J connectivity index is 0.000000361. The zero-order chi connectivity index (χ0) is 183. The molecule has 0 saturated heterocycles. The Kier molecular flexibility index (Phi) is 11.6. The lowest BCUT2D eigenvalue weighted by Crippen LogP contribution is -2.42. The van der Waals surface area contributed by atoms with Crippen molar-refractivity contribution in [3.05, 3.63) is 178 Å². The van der Waals surface area contributed by atoms with E-state index in [2.05, 4.69) is 0 Å². The van der Waals surface area contributed by atoms with Crippen molar-refractivity contribution in [3.63, 3.8) is 0 Å². The third-order valence-corrected chi connectivity index (χ3v) is 15.8. The van der Waals surface area contributed by atoms with Crippen molar-refractivity contribution in [2.75, 3.05) is 166 Å². The van der Waals surface area contributed by atoms with Crippen molar-refractivity contribution in [2.24, 2.45) is 0 Å². The number of aliphatic hydroxyl groups is 6. The first kappa shape index (κ1) is 27.8.